The summed E-state index contributed by atoms with van der Waals surface area (Å²) in [5, 5.41) is 11.5. The van der Waals surface area contributed by atoms with Gasteiger partial charge in [-0.2, -0.15) is 0 Å². The first-order valence-corrected chi connectivity index (χ1v) is 7.83. The number of amides is 1. The smallest absolute Gasteiger partial charge is 0.252 e. The normalized spacial score (nSPS) is 18.9. The topological polar surface area (TPSA) is 58.6 Å². The van der Waals surface area contributed by atoms with Gasteiger partial charge in [0.2, 0.25) is 0 Å². The molecule has 1 amide bonds. The van der Waals surface area contributed by atoms with Crippen LogP contribution in [0.25, 0.3) is 0 Å². The van der Waals surface area contributed by atoms with Crippen molar-refractivity contribution in [2.24, 2.45) is 5.92 Å². The predicted octanol–water partition coefficient (Wildman–Crippen LogP) is 2.13. The van der Waals surface area contributed by atoms with E-state index in [1.54, 1.807) is 6.92 Å². The van der Waals surface area contributed by atoms with Crippen LogP contribution in [0.15, 0.2) is 45.7 Å². The molecule has 1 atom stereocenters. The molecule has 1 aliphatic rings. The van der Waals surface area contributed by atoms with Gasteiger partial charge in [-0.1, -0.05) is 42.2 Å². The Balaban J connectivity index is 2.23. The molecule has 1 aliphatic heterocycles. The molecule has 1 heterocycles. The summed E-state index contributed by atoms with van der Waals surface area (Å²) < 4.78 is 5.41. The van der Waals surface area contributed by atoms with Gasteiger partial charge in [-0.3, -0.25) is 4.79 Å². The maximum atomic E-state index is 11.9. The minimum Gasteiger partial charge on any atom is -0.394 e. The summed E-state index contributed by atoms with van der Waals surface area (Å²) >= 11 is 6.81. The van der Waals surface area contributed by atoms with Gasteiger partial charge < -0.3 is 15.2 Å². The third kappa shape index (κ3) is 4.14. The average Bonchev–Trinajstić information content (AvgIpc) is 2.49. The molecule has 0 aromatic heterocycles. The van der Waals surface area contributed by atoms with E-state index in [9.17, 15) is 4.79 Å². The van der Waals surface area contributed by atoms with Gasteiger partial charge in [0.1, 0.15) is 0 Å². The lowest BCUT2D eigenvalue weighted by Crippen LogP contribution is -2.42. The number of rotatable bonds is 6. The molecular formula is C15H17NO3S2. The van der Waals surface area contributed by atoms with Crippen LogP contribution in [0.3, 0.4) is 0 Å². The van der Waals surface area contributed by atoms with Crippen LogP contribution in [0.5, 0.6) is 0 Å². The van der Waals surface area contributed by atoms with E-state index >= 15 is 0 Å². The van der Waals surface area contributed by atoms with Crippen molar-refractivity contribution in [1.29, 1.82) is 0 Å². The number of hydrogen-bond donors (Lipinski definition) is 2. The second-order valence-electron chi connectivity index (χ2n) is 4.57. The number of thiocarbonyl (C=S) groups is 1. The fourth-order valence-electron chi connectivity index (χ4n) is 1.97. The molecular weight excluding hydrogens is 306 g/mol. The highest BCUT2D eigenvalue weighted by molar-refractivity contribution is 8.03. The van der Waals surface area contributed by atoms with Crippen molar-refractivity contribution in [3.8, 4) is 0 Å². The zero-order valence-electron chi connectivity index (χ0n) is 11.7. The van der Waals surface area contributed by atoms with Crippen molar-refractivity contribution >= 4 is 34.9 Å². The van der Waals surface area contributed by atoms with Crippen LogP contribution < -0.4 is 5.32 Å². The monoisotopic (exact) mass is 323 g/mol. The van der Waals surface area contributed by atoms with Gasteiger partial charge in [0, 0.05) is 15.4 Å². The molecule has 2 rings (SSSR count). The SMILES string of the molecule is CC1=C(Sc2ccccc2)C(COCCO)C(=S)NC1=O. The van der Waals surface area contributed by atoms with Gasteiger partial charge in [-0.05, 0) is 19.1 Å². The first-order chi connectivity index (χ1) is 10.1. The van der Waals surface area contributed by atoms with Crippen LogP contribution in [0, 0.1) is 5.92 Å². The summed E-state index contributed by atoms with van der Waals surface area (Å²) in [7, 11) is 0. The average molecular weight is 323 g/mol. The largest absolute Gasteiger partial charge is 0.394 e. The number of ether oxygens (including phenoxy) is 1. The highest BCUT2D eigenvalue weighted by atomic mass is 32.2. The molecule has 0 spiro atoms. The Morgan fingerprint density at radius 3 is 2.76 bits per heavy atom. The molecule has 112 valence electrons. The van der Waals surface area contributed by atoms with E-state index < -0.39 is 0 Å². The fourth-order valence-corrected chi connectivity index (χ4v) is 3.44. The summed E-state index contributed by atoms with van der Waals surface area (Å²) in [4.78, 5) is 14.4. The van der Waals surface area contributed by atoms with E-state index in [0.717, 1.165) is 9.80 Å². The summed E-state index contributed by atoms with van der Waals surface area (Å²) in [6, 6.07) is 9.84. The molecule has 0 fully saturated rings. The van der Waals surface area contributed by atoms with E-state index in [1.165, 1.54) is 11.8 Å². The molecule has 0 saturated carbocycles. The Kier molecular flexibility index (Phi) is 5.93. The van der Waals surface area contributed by atoms with Crippen LogP contribution >= 0.6 is 24.0 Å². The molecule has 21 heavy (non-hydrogen) atoms. The van der Waals surface area contributed by atoms with E-state index in [1.807, 2.05) is 30.3 Å². The minimum atomic E-state index is -0.158. The van der Waals surface area contributed by atoms with E-state index in [2.05, 4.69) is 5.32 Å². The van der Waals surface area contributed by atoms with Gasteiger partial charge in [0.05, 0.1) is 30.7 Å². The second-order valence-corrected chi connectivity index (χ2v) is 6.13. The van der Waals surface area contributed by atoms with Crippen LogP contribution in [0.1, 0.15) is 6.92 Å². The van der Waals surface area contributed by atoms with Gasteiger partial charge in [0.25, 0.3) is 5.91 Å². The molecule has 0 saturated heterocycles. The van der Waals surface area contributed by atoms with Crippen LogP contribution in [-0.4, -0.2) is 35.8 Å². The predicted molar refractivity (Wildman–Crippen MR) is 87.1 cm³/mol. The number of nitrogens with one attached hydrogen (secondary N) is 1. The number of benzene rings is 1. The maximum Gasteiger partial charge on any atom is 0.252 e. The molecule has 4 nitrogen and oxygen atoms in total. The summed E-state index contributed by atoms with van der Waals surface area (Å²) in [5.41, 5.74) is 0.662. The lowest BCUT2D eigenvalue weighted by Gasteiger charge is -2.27. The summed E-state index contributed by atoms with van der Waals surface area (Å²) in [6.45, 7) is 2.37. The number of hydrogen-bond acceptors (Lipinski definition) is 5. The Labute approximate surface area is 133 Å². The molecule has 1 aromatic carbocycles. The lowest BCUT2D eigenvalue weighted by atomic mass is 10.0. The number of carbonyl (C=O) groups excluding carboxylic acids is 1. The lowest BCUT2D eigenvalue weighted by molar-refractivity contribution is -0.116. The van der Waals surface area contributed by atoms with Crippen LogP contribution in [-0.2, 0) is 9.53 Å². The molecule has 0 radical (unpaired) electrons. The van der Waals surface area contributed by atoms with Crippen molar-refractivity contribution in [3.63, 3.8) is 0 Å². The van der Waals surface area contributed by atoms with E-state index in [4.69, 9.17) is 22.1 Å². The van der Waals surface area contributed by atoms with Gasteiger partial charge in [-0.25, -0.2) is 0 Å². The van der Waals surface area contributed by atoms with Crippen molar-refractivity contribution < 1.29 is 14.6 Å². The van der Waals surface area contributed by atoms with Gasteiger partial charge in [-0.15, -0.1) is 0 Å². The fraction of sp³-hybridized carbons (Fsp3) is 0.333. The third-order valence-electron chi connectivity index (χ3n) is 3.07. The first kappa shape index (κ1) is 16.2. The van der Waals surface area contributed by atoms with Crippen molar-refractivity contribution in [2.45, 2.75) is 11.8 Å². The molecule has 1 unspecified atom stereocenters. The highest BCUT2D eigenvalue weighted by Crippen LogP contribution is 2.37. The van der Waals surface area contributed by atoms with Crippen molar-refractivity contribution in [3.05, 3.63) is 40.8 Å². The first-order valence-electron chi connectivity index (χ1n) is 6.61. The van der Waals surface area contributed by atoms with Gasteiger partial charge in [0.15, 0.2) is 0 Å². The maximum absolute atomic E-state index is 11.9. The summed E-state index contributed by atoms with van der Waals surface area (Å²) in [5.74, 6) is -0.314. The quantitative estimate of drug-likeness (QED) is 0.620. The molecule has 6 heteroatoms. The van der Waals surface area contributed by atoms with Crippen LogP contribution in [0.4, 0.5) is 0 Å². The third-order valence-corrected chi connectivity index (χ3v) is 4.78. The van der Waals surface area contributed by atoms with Crippen molar-refractivity contribution in [1.82, 2.24) is 5.32 Å². The second kappa shape index (κ2) is 7.70. The zero-order chi connectivity index (χ0) is 15.2. The van der Waals surface area contributed by atoms with Crippen LogP contribution in [0.2, 0.25) is 0 Å². The molecule has 2 N–H and O–H groups in total. The number of aliphatic hydroxyl groups is 1. The van der Waals surface area contributed by atoms with Gasteiger partial charge >= 0.3 is 0 Å². The number of carbonyl (C=O) groups is 1. The Morgan fingerprint density at radius 1 is 1.38 bits per heavy atom. The minimum absolute atomic E-state index is 0.0320. The molecule has 1 aromatic rings. The van der Waals surface area contributed by atoms with E-state index in [-0.39, 0.29) is 25.0 Å². The Hall–Kier alpha value is -1.21. The zero-order valence-corrected chi connectivity index (χ0v) is 13.3. The number of thioether (sulfide) groups is 1. The summed E-state index contributed by atoms with van der Waals surface area (Å²) in [6.07, 6.45) is 0. The highest BCUT2D eigenvalue weighted by Gasteiger charge is 2.30. The van der Waals surface area contributed by atoms with Crippen molar-refractivity contribution in [2.75, 3.05) is 19.8 Å². The molecule has 0 aliphatic carbocycles. The Bertz CT molecular complexity index is 557. The Morgan fingerprint density at radius 2 is 2.10 bits per heavy atom. The molecule has 0 bridgehead atoms. The number of aliphatic hydroxyl groups excluding tert-OH is 1. The standard InChI is InChI=1S/C15H17NO3S2/c1-10-13(21-11-5-3-2-4-6-11)12(9-19-8-7-17)15(20)16-14(10)18/h2-6,12,17H,7-9H2,1H3,(H,16,18,20). The van der Waals surface area contributed by atoms with E-state index in [0.29, 0.717) is 17.2 Å².